The van der Waals surface area contributed by atoms with E-state index in [-0.39, 0.29) is 17.0 Å². The van der Waals surface area contributed by atoms with Gasteiger partial charge in [0.15, 0.2) is 0 Å². The average Bonchev–Trinajstić information content (AvgIpc) is 2.42. The van der Waals surface area contributed by atoms with Crippen LogP contribution < -0.4 is 5.32 Å². The van der Waals surface area contributed by atoms with Crippen LogP contribution in [0.1, 0.15) is 26.7 Å². The molecule has 0 amide bonds. The fourth-order valence-electron chi connectivity index (χ4n) is 2.52. The van der Waals surface area contributed by atoms with Crippen molar-refractivity contribution in [3.8, 4) is 0 Å². The van der Waals surface area contributed by atoms with Crippen molar-refractivity contribution in [1.82, 2.24) is 0 Å². The van der Waals surface area contributed by atoms with E-state index in [1.807, 2.05) is 6.92 Å². The molecule has 1 aromatic rings. The summed E-state index contributed by atoms with van der Waals surface area (Å²) < 4.78 is 18.6. The van der Waals surface area contributed by atoms with Gasteiger partial charge in [-0.15, -0.1) is 0 Å². The molecule has 2 rings (SSSR count). The number of thioether (sulfide) groups is 1. The fraction of sp³-hybridized carbons (Fsp3) is 0.533. The van der Waals surface area contributed by atoms with E-state index in [0.717, 1.165) is 12.2 Å². The zero-order chi connectivity index (χ0) is 14.6. The smallest absolute Gasteiger partial charge is 0.332 e. The van der Waals surface area contributed by atoms with Gasteiger partial charge in [-0.2, -0.15) is 11.8 Å². The van der Waals surface area contributed by atoms with Gasteiger partial charge in [0.1, 0.15) is 11.4 Å². The van der Waals surface area contributed by atoms with Gasteiger partial charge in [0.2, 0.25) is 0 Å². The number of hydrogen-bond acceptors (Lipinski definition) is 4. The number of nitrogens with one attached hydrogen (secondary N) is 1. The maximum Gasteiger partial charge on any atom is 0.332 e. The first kappa shape index (κ1) is 15.2. The van der Waals surface area contributed by atoms with Gasteiger partial charge >= 0.3 is 5.97 Å². The van der Waals surface area contributed by atoms with Gasteiger partial charge < -0.3 is 10.1 Å². The van der Waals surface area contributed by atoms with Crippen LogP contribution in [0.15, 0.2) is 24.3 Å². The summed E-state index contributed by atoms with van der Waals surface area (Å²) in [7, 11) is 0. The monoisotopic (exact) mass is 297 g/mol. The fourth-order valence-corrected chi connectivity index (χ4v) is 3.75. The number of ether oxygens (including phenoxy) is 1. The Morgan fingerprint density at radius 2 is 2.40 bits per heavy atom. The van der Waals surface area contributed by atoms with Crippen molar-refractivity contribution in [1.29, 1.82) is 0 Å². The highest BCUT2D eigenvalue weighted by atomic mass is 32.2. The molecule has 1 aliphatic heterocycles. The molecule has 0 saturated carbocycles. The first-order valence-electron chi connectivity index (χ1n) is 6.91. The number of esters is 1. The van der Waals surface area contributed by atoms with Crippen molar-refractivity contribution in [2.75, 3.05) is 17.7 Å². The second kappa shape index (κ2) is 6.48. The number of halogens is 1. The molecular weight excluding hydrogens is 277 g/mol. The summed E-state index contributed by atoms with van der Waals surface area (Å²) in [6.45, 7) is 4.17. The first-order chi connectivity index (χ1) is 9.58. The molecule has 1 heterocycles. The van der Waals surface area contributed by atoms with E-state index in [9.17, 15) is 9.18 Å². The van der Waals surface area contributed by atoms with E-state index >= 15 is 0 Å². The summed E-state index contributed by atoms with van der Waals surface area (Å²) in [5, 5.41) is 3.32. The van der Waals surface area contributed by atoms with E-state index in [4.69, 9.17) is 4.74 Å². The van der Waals surface area contributed by atoms with Crippen molar-refractivity contribution < 1.29 is 13.9 Å². The highest BCUT2D eigenvalue weighted by molar-refractivity contribution is 8.00. The SMILES string of the molecule is CCOC(=O)C1(Nc2cccc(F)c2)CCCSC1C. The molecule has 3 nitrogen and oxygen atoms in total. The van der Waals surface area contributed by atoms with E-state index in [0.29, 0.717) is 18.7 Å². The van der Waals surface area contributed by atoms with Crippen LogP contribution in [0.5, 0.6) is 0 Å². The predicted molar refractivity (Wildman–Crippen MR) is 80.5 cm³/mol. The number of benzene rings is 1. The van der Waals surface area contributed by atoms with Gasteiger partial charge in [-0.25, -0.2) is 9.18 Å². The Morgan fingerprint density at radius 1 is 1.60 bits per heavy atom. The van der Waals surface area contributed by atoms with Crippen molar-refractivity contribution in [3.63, 3.8) is 0 Å². The number of anilines is 1. The molecule has 0 aliphatic carbocycles. The van der Waals surface area contributed by atoms with Crippen LogP contribution >= 0.6 is 11.8 Å². The molecule has 0 radical (unpaired) electrons. The second-order valence-corrected chi connectivity index (χ2v) is 6.39. The molecule has 110 valence electrons. The van der Waals surface area contributed by atoms with Gasteiger partial charge in [-0.1, -0.05) is 13.0 Å². The topological polar surface area (TPSA) is 38.3 Å². The Hall–Kier alpha value is -1.23. The Balaban J connectivity index is 2.28. The standard InChI is InChI=1S/C15H20FNO2S/c1-3-19-14(18)15(8-5-9-20-11(15)2)17-13-7-4-6-12(16)10-13/h4,6-7,10-11,17H,3,5,8-9H2,1-2H3. The Morgan fingerprint density at radius 3 is 3.05 bits per heavy atom. The van der Waals surface area contributed by atoms with Gasteiger partial charge in [-0.3, -0.25) is 0 Å². The molecule has 0 aromatic heterocycles. The molecule has 5 heteroatoms. The minimum Gasteiger partial charge on any atom is -0.464 e. The lowest BCUT2D eigenvalue weighted by atomic mass is 9.89. The van der Waals surface area contributed by atoms with Crippen molar-refractivity contribution in [2.24, 2.45) is 0 Å². The minimum absolute atomic E-state index is 0.0820. The van der Waals surface area contributed by atoms with Crippen LogP contribution in [-0.4, -0.2) is 29.1 Å². The van der Waals surface area contributed by atoms with Crippen LogP contribution in [-0.2, 0) is 9.53 Å². The zero-order valence-corrected chi connectivity index (χ0v) is 12.6. The number of carbonyl (C=O) groups excluding carboxylic acids is 1. The van der Waals surface area contributed by atoms with E-state index in [1.165, 1.54) is 12.1 Å². The summed E-state index contributed by atoms with van der Waals surface area (Å²) in [4.78, 5) is 12.4. The van der Waals surface area contributed by atoms with Gasteiger partial charge in [0.05, 0.1) is 6.61 Å². The van der Waals surface area contributed by atoms with E-state index in [2.05, 4.69) is 5.32 Å². The minimum atomic E-state index is -0.771. The summed E-state index contributed by atoms with van der Waals surface area (Å²) in [6.07, 6.45) is 1.65. The molecule has 20 heavy (non-hydrogen) atoms. The molecule has 2 unspecified atom stereocenters. The van der Waals surface area contributed by atoms with E-state index < -0.39 is 5.54 Å². The lowest BCUT2D eigenvalue weighted by molar-refractivity contribution is -0.148. The molecule has 1 fully saturated rings. The lowest BCUT2D eigenvalue weighted by Crippen LogP contribution is -2.56. The molecule has 1 N–H and O–H groups in total. The Kier molecular flexibility index (Phi) is 4.91. The number of carbonyl (C=O) groups is 1. The third kappa shape index (κ3) is 3.08. The Bertz CT molecular complexity index is 483. The third-order valence-electron chi connectivity index (χ3n) is 3.61. The summed E-state index contributed by atoms with van der Waals surface area (Å²) in [5.74, 6) is 0.474. The van der Waals surface area contributed by atoms with Crippen molar-refractivity contribution >= 4 is 23.4 Å². The molecule has 0 bridgehead atoms. The summed E-state index contributed by atoms with van der Waals surface area (Å²) in [6, 6.07) is 6.21. The van der Waals surface area contributed by atoms with Gasteiger partial charge in [0.25, 0.3) is 0 Å². The Labute approximate surface area is 123 Å². The second-order valence-electron chi connectivity index (χ2n) is 4.94. The van der Waals surface area contributed by atoms with Crippen LogP contribution in [0.2, 0.25) is 0 Å². The largest absolute Gasteiger partial charge is 0.464 e. The molecule has 1 saturated heterocycles. The van der Waals surface area contributed by atoms with Gasteiger partial charge in [-0.05, 0) is 43.7 Å². The molecule has 0 spiro atoms. The van der Waals surface area contributed by atoms with Crippen LogP contribution in [0, 0.1) is 5.82 Å². The normalized spacial score (nSPS) is 26.1. The van der Waals surface area contributed by atoms with Crippen molar-refractivity contribution in [2.45, 2.75) is 37.5 Å². The first-order valence-corrected chi connectivity index (χ1v) is 7.96. The van der Waals surface area contributed by atoms with Gasteiger partial charge in [0, 0.05) is 10.9 Å². The van der Waals surface area contributed by atoms with Crippen molar-refractivity contribution in [3.05, 3.63) is 30.1 Å². The van der Waals surface area contributed by atoms with Crippen LogP contribution in [0.25, 0.3) is 0 Å². The molecule has 1 aliphatic rings. The highest BCUT2D eigenvalue weighted by Gasteiger charge is 2.46. The molecular formula is C15H20FNO2S. The maximum atomic E-state index is 13.3. The third-order valence-corrected chi connectivity index (χ3v) is 5.04. The highest BCUT2D eigenvalue weighted by Crippen LogP contribution is 2.37. The van der Waals surface area contributed by atoms with Crippen LogP contribution in [0.4, 0.5) is 10.1 Å². The summed E-state index contributed by atoms with van der Waals surface area (Å²) in [5.41, 5.74) is -0.153. The molecule has 1 aromatic carbocycles. The lowest BCUT2D eigenvalue weighted by Gasteiger charge is -2.41. The maximum absolute atomic E-state index is 13.3. The zero-order valence-electron chi connectivity index (χ0n) is 11.8. The predicted octanol–water partition coefficient (Wildman–Crippen LogP) is 3.46. The van der Waals surface area contributed by atoms with E-state index in [1.54, 1.807) is 30.8 Å². The molecule has 2 atom stereocenters. The average molecular weight is 297 g/mol. The number of hydrogen-bond donors (Lipinski definition) is 1. The number of rotatable bonds is 4. The van der Waals surface area contributed by atoms with Crippen LogP contribution in [0.3, 0.4) is 0 Å². The quantitative estimate of drug-likeness (QED) is 0.864. The summed E-state index contributed by atoms with van der Waals surface area (Å²) >= 11 is 1.75.